The highest BCUT2D eigenvalue weighted by Gasteiger charge is 2.12. The molecule has 0 aliphatic heterocycles. The molecule has 4 nitrogen and oxygen atoms in total. The van der Waals surface area contributed by atoms with E-state index in [9.17, 15) is 8.42 Å². The zero-order valence-corrected chi connectivity index (χ0v) is 14.4. The van der Waals surface area contributed by atoms with Crippen LogP contribution in [0.2, 0.25) is 0 Å². The number of rotatable bonds is 10. The fourth-order valence-electron chi connectivity index (χ4n) is 1.94. The van der Waals surface area contributed by atoms with Gasteiger partial charge in [0.25, 0.3) is 0 Å². The predicted octanol–water partition coefficient (Wildman–Crippen LogP) is 3.98. The molecule has 0 saturated heterocycles. The van der Waals surface area contributed by atoms with Gasteiger partial charge in [0.05, 0.1) is 11.0 Å². The van der Waals surface area contributed by atoms with Crippen molar-refractivity contribution in [3.05, 3.63) is 28.7 Å². The summed E-state index contributed by atoms with van der Waals surface area (Å²) >= 11 is 3.28. The molecule has 0 radical (unpaired) electrons. The van der Waals surface area contributed by atoms with Gasteiger partial charge < -0.3 is 0 Å². The van der Waals surface area contributed by atoms with Crippen LogP contribution < -0.4 is 4.72 Å². The van der Waals surface area contributed by atoms with E-state index in [-0.39, 0.29) is 0 Å². The number of nitrogens with zero attached hydrogens (tertiary/aromatic N) is 1. The van der Waals surface area contributed by atoms with Crippen LogP contribution in [-0.4, -0.2) is 15.0 Å². The molecule has 6 heteroatoms. The van der Waals surface area contributed by atoms with Gasteiger partial charge in [-0.15, -0.1) is 0 Å². The molecule has 0 atom stereocenters. The van der Waals surface area contributed by atoms with Crippen molar-refractivity contribution in [3.63, 3.8) is 0 Å². The van der Waals surface area contributed by atoms with Crippen LogP contribution in [0.5, 0.6) is 0 Å². The summed E-state index contributed by atoms with van der Waals surface area (Å²) in [5.41, 5.74) is 0. The smallest absolute Gasteiger partial charge is 0.211 e. The summed E-state index contributed by atoms with van der Waals surface area (Å²) in [5, 5.41) is 8.41. The average Bonchev–Trinajstić information content (AvgIpc) is 2.46. The molecule has 0 unspecified atom stereocenters. The van der Waals surface area contributed by atoms with Crippen LogP contribution in [0.25, 0.3) is 0 Å². The third-order valence-electron chi connectivity index (χ3n) is 3.13. The Morgan fingerprint density at radius 2 is 1.57 bits per heavy atom. The summed E-state index contributed by atoms with van der Waals surface area (Å²) < 4.78 is 27.5. The normalized spacial score (nSPS) is 11.2. The van der Waals surface area contributed by atoms with Crippen molar-refractivity contribution in [1.82, 2.24) is 4.72 Å². The molecule has 0 bridgehead atoms. The molecule has 0 spiro atoms. The van der Waals surface area contributed by atoms with Gasteiger partial charge in [-0.2, -0.15) is 5.26 Å². The van der Waals surface area contributed by atoms with Gasteiger partial charge in [0, 0.05) is 17.4 Å². The monoisotopic (exact) mass is 372 g/mol. The maximum absolute atomic E-state index is 12.0. The lowest BCUT2D eigenvalue weighted by atomic mass is 10.1. The quantitative estimate of drug-likeness (QED) is 0.631. The second-order valence-corrected chi connectivity index (χ2v) is 7.56. The Kier molecular flexibility index (Phi) is 8.58. The average molecular weight is 373 g/mol. The Morgan fingerprint density at radius 1 is 1.00 bits per heavy atom. The van der Waals surface area contributed by atoms with Crippen molar-refractivity contribution in [2.45, 2.75) is 49.8 Å². The van der Waals surface area contributed by atoms with Gasteiger partial charge in [0.2, 0.25) is 10.0 Å². The zero-order chi connectivity index (χ0) is 15.6. The Hall–Kier alpha value is -0.900. The molecule has 0 aromatic heterocycles. The first-order valence-corrected chi connectivity index (χ1v) is 9.46. The van der Waals surface area contributed by atoms with E-state index in [1.54, 1.807) is 24.3 Å². The lowest BCUT2D eigenvalue weighted by Gasteiger charge is -2.06. The van der Waals surface area contributed by atoms with Gasteiger partial charge in [-0.3, -0.25) is 0 Å². The fourth-order valence-corrected chi connectivity index (χ4v) is 3.28. The summed E-state index contributed by atoms with van der Waals surface area (Å²) in [6.45, 7) is 0.469. The van der Waals surface area contributed by atoms with Crippen LogP contribution in [0.4, 0.5) is 0 Å². The number of halogens is 1. The first-order valence-electron chi connectivity index (χ1n) is 7.18. The topological polar surface area (TPSA) is 70.0 Å². The molecule has 1 N–H and O–H groups in total. The van der Waals surface area contributed by atoms with Crippen molar-refractivity contribution in [1.29, 1.82) is 5.26 Å². The summed E-state index contributed by atoms with van der Waals surface area (Å²) in [7, 11) is -3.39. The number of nitriles is 1. The van der Waals surface area contributed by atoms with Crippen LogP contribution in [0.1, 0.15) is 44.9 Å². The molecular formula is C15H21BrN2O2S. The molecule has 1 aromatic rings. The van der Waals surface area contributed by atoms with Crippen molar-refractivity contribution < 1.29 is 8.42 Å². The van der Waals surface area contributed by atoms with Gasteiger partial charge in [-0.1, -0.05) is 41.6 Å². The van der Waals surface area contributed by atoms with Crippen molar-refractivity contribution >= 4 is 26.0 Å². The lowest BCUT2D eigenvalue weighted by molar-refractivity contribution is 0.566. The number of unbranched alkanes of at least 4 members (excludes halogenated alkanes) is 6. The maximum atomic E-state index is 12.0. The van der Waals surface area contributed by atoms with E-state index in [0.29, 0.717) is 17.9 Å². The number of benzene rings is 1. The molecule has 21 heavy (non-hydrogen) atoms. The molecule has 0 saturated carbocycles. The zero-order valence-electron chi connectivity index (χ0n) is 12.0. The molecule has 1 aromatic carbocycles. The number of hydrogen-bond acceptors (Lipinski definition) is 3. The van der Waals surface area contributed by atoms with Gasteiger partial charge in [-0.05, 0) is 37.1 Å². The Balaban J connectivity index is 2.17. The standard InChI is InChI=1S/C15H21BrN2O2S/c16-14-8-10-15(11-9-14)21(19,20)18-13-7-5-3-1-2-4-6-12-17/h8-11,18H,1-7,13H2. The number of nitrogens with one attached hydrogen (secondary N) is 1. The molecule has 0 aliphatic carbocycles. The first kappa shape index (κ1) is 18.1. The first-order chi connectivity index (χ1) is 10.1. The van der Waals surface area contributed by atoms with E-state index >= 15 is 0 Å². The van der Waals surface area contributed by atoms with E-state index < -0.39 is 10.0 Å². The second-order valence-electron chi connectivity index (χ2n) is 4.88. The fraction of sp³-hybridized carbons (Fsp3) is 0.533. The highest BCUT2D eigenvalue weighted by Crippen LogP contribution is 2.14. The number of hydrogen-bond donors (Lipinski definition) is 1. The van der Waals surface area contributed by atoms with Gasteiger partial charge in [0.1, 0.15) is 0 Å². The summed E-state index contributed by atoms with van der Waals surface area (Å²) in [6, 6.07) is 8.74. The number of sulfonamides is 1. The van der Waals surface area contributed by atoms with E-state index in [0.717, 1.165) is 43.0 Å². The summed E-state index contributed by atoms with van der Waals surface area (Å²) in [5.74, 6) is 0. The molecule has 0 heterocycles. The van der Waals surface area contributed by atoms with Crippen LogP contribution >= 0.6 is 15.9 Å². The largest absolute Gasteiger partial charge is 0.240 e. The van der Waals surface area contributed by atoms with E-state index in [4.69, 9.17) is 5.26 Å². The predicted molar refractivity (Wildman–Crippen MR) is 87.3 cm³/mol. The van der Waals surface area contributed by atoms with Gasteiger partial charge >= 0.3 is 0 Å². The molecule has 116 valence electrons. The van der Waals surface area contributed by atoms with Crippen molar-refractivity contribution in [2.75, 3.05) is 6.54 Å². The van der Waals surface area contributed by atoms with E-state index in [1.165, 1.54) is 0 Å². The van der Waals surface area contributed by atoms with E-state index in [1.807, 2.05) is 0 Å². The van der Waals surface area contributed by atoms with Crippen molar-refractivity contribution in [3.8, 4) is 6.07 Å². The Morgan fingerprint density at radius 3 is 2.19 bits per heavy atom. The summed E-state index contributed by atoms with van der Waals surface area (Å²) in [4.78, 5) is 0.294. The summed E-state index contributed by atoms with van der Waals surface area (Å²) in [6.07, 6.45) is 6.73. The van der Waals surface area contributed by atoms with Crippen LogP contribution in [0, 0.1) is 11.3 Å². The SMILES string of the molecule is N#CCCCCCCCCNS(=O)(=O)c1ccc(Br)cc1. The van der Waals surface area contributed by atoms with Crippen LogP contribution in [0.15, 0.2) is 33.6 Å². The minimum Gasteiger partial charge on any atom is -0.211 e. The third-order valence-corrected chi connectivity index (χ3v) is 5.14. The highest BCUT2D eigenvalue weighted by molar-refractivity contribution is 9.10. The lowest BCUT2D eigenvalue weighted by Crippen LogP contribution is -2.24. The van der Waals surface area contributed by atoms with Gasteiger partial charge in [0.15, 0.2) is 0 Å². The van der Waals surface area contributed by atoms with E-state index in [2.05, 4.69) is 26.7 Å². The van der Waals surface area contributed by atoms with Crippen molar-refractivity contribution in [2.24, 2.45) is 0 Å². The van der Waals surface area contributed by atoms with Gasteiger partial charge in [-0.25, -0.2) is 13.1 Å². The second kappa shape index (κ2) is 9.93. The Bertz CT molecular complexity index is 550. The molecule has 0 amide bonds. The molecule has 1 rings (SSSR count). The Labute approximate surface area is 135 Å². The molecule has 0 fully saturated rings. The maximum Gasteiger partial charge on any atom is 0.240 e. The third kappa shape index (κ3) is 7.60. The molecule has 0 aliphatic rings. The minimum absolute atomic E-state index is 0.294. The molecular weight excluding hydrogens is 352 g/mol. The van der Waals surface area contributed by atoms with Crippen LogP contribution in [-0.2, 0) is 10.0 Å². The minimum atomic E-state index is -3.39. The van der Waals surface area contributed by atoms with Crippen LogP contribution in [0.3, 0.4) is 0 Å². The highest BCUT2D eigenvalue weighted by atomic mass is 79.9.